The zero-order chi connectivity index (χ0) is 12.1. The number of hydrogen-bond acceptors (Lipinski definition) is 3. The molecule has 1 aromatic rings. The number of aromatic nitrogens is 2. The Labute approximate surface area is 101 Å². The molecular weight excluding hydrogens is 216 g/mol. The maximum atomic E-state index is 11.5. The van der Waals surface area contributed by atoms with Crippen LogP contribution < -0.4 is 5.56 Å². The largest absolute Gasteiger partial charge is 0.378 e. The molecule has 0 spiro atoms. The van der Waals surface area contributed by atoms with Gasteiger partial charge >= 0.3 is 0 Å². The maximum Gasteiger partial charge on any atom is 0.251 e. The predicted molar refractivity (Wildman–Crippen MR) is 66.1 cm³/mol. The number of nitrogens with one attached hydrogen (secondary N) is 1. The van der Waals surface area contributed by atoms with Gasteiger partial charge in [0, 0.05) is 24.8 Å². The molecule has 0 aromatic carbocycles. The second kappa shape index (κ2) is 5.96. The first kappa shape index (κ1) is 12.3. The van der Waals surface area contributed by atoms with E-state index in [9.17, 15) is 4.79 Å². The summed E-state index contributed by atoms with van der Waals surface area (Å²) in [4.78, 5) is 18.8. The van der Waals surface area contributed by atoms with Gasteiger partial charge in [-0.25, -0.2) is 4.98 Å². The third kappa shape index (κ3) is 3.66. The van der Waals surface area contributed by atoms with Crippen LogP contribution in [0.5, 0.6) is 0 Å². The van der Waals surface area contributed by atoms with Crippen molar-refractivity contribution in [2.24, 2.45) is 0 Å². The van der Waals surface area contributed by atoms with Crippen molar-refractivity contribution >= 4 is 0 Å². The molecule has 17 heavy (non-hydrogen) atoms. The number of aryl methyl sites for hydroxylation is 1. The van der Waals surface area contributed by atoms with E-state index in [-0.39, 0.29) is 11.7 Å². The van der Waals surface area contributed by atoms with Crippen LogP contribution in [0.3, 0.4) is 0 Å². The molecule has 1 fully saturated rings. The lowest BCUT2D eigenvalue weighted by atomic mass is 10.1. The molecule has 0 aliphatic carbocycles. The van der Waals surface area contributed by atoms with Crippen LogP contribution in [0.1, 0.15) is 44.1 Å². The Morgan fingerprint density at radius 2 is 2.41 bits per heavy atom. The van der Waals surface area contributed by atoms with Crippen LogP contribution in [0.4, 0.5) is 0 Å². The fourth-order valence-electron chi connectivity index (χ4n) is 2.23. The molecule has 0 bridgehead atoms. The Hall–Kier alpha value is -1.16. The van der Waals surface area contributed by atoms with Crippen LogP contribution in [0.25, 0.3) is 0 Å². The lowest BCUT2D eigenvalue weighted by Crippen LogP contribution is -2.24. The summed E-state index contributed by atoms with van der Waals surface area (Å²) in [5.41, 5.74) is 0.844. The molecule has 1 N–H and O–H groups in total. The molecule has 4 nitrogen and oxygen atoms in total. The summed E-state index contributed by atoms with van der Waals surface area (Å²) in [6, 6.07) is 1.59. The van der Waals surface area contributed by atoms with Crippen molar-refractivity contribution in [3.8, 4) is 0 Å². The van der Waals surface area contributed by atoms with Gasteiger partial charge in [-0.05, 0) is 25.7 Å². The van der Waals surface area contributed by atoms with Crippen LogP contribution in [-0.2, 0) is 17.6 Å². The summed E-state index contributed by atoms with van der Waals surface area (Å²) in [6.45, 7) is 2.93. The summed E-state index contributed by atoms with van der Waals surface area (Å²) in [5.74, 6) is 0.771. The highest BCUT2D eigenvalue weighted by Gasteiger charge is 2.15. The Morgan fingerprint density at radius 3 is 3.12 bits per heavy atom. The second-order valence-electron chi connectivity index (χ2n) is 4.63. The number of hydrogen-bond donors (Lipinski definition) is 1. The number of rotatable bonds is 4. The molecule has 1 aliphatic rings. The summed E-state index contributed by atoms with van der Waals surface area (Å²) >= 11 is 0. The van der Waals surface area contributed by atoms with Gasteiger partial charge in [0.05, 0.1) is 6.10 Å². The first-order valence-electron chi connectivity index (χ1n) is 6.48. The quantitative estimate of drug-likeness (QED) is 0.867. The van der Waals surface area contributed by atoms with E-state index in [0.717, 1.165) is 50.2 Å². The summed E-state index contributed by atoms with van der Waals surface area (Å²) < 4.78 is 5.66. The number of ether oxygens (including phenoxy) is 1. The van der Waals surface area contributed by atoms with Crippen molar-refractivity contribution in [2.75, 3.05) is 6.61 Å². The van der Waals surface area contributed by atoms with Gasteiger partial charge in [-0.1, -0.05) is 13.3 Å². The van der Waals surface area contributed by atoms with Crippen molar-refractivity contribution in [1.29, 1.82) is 0 Å². The van der Waals surface area contributed by atoms with Gasteiger partial charge in [-0.3, -0.25) is 4.79 Å². The van der Waals surface area contributed by atoms with Crippen LogP contribution in [-0.4, -0.2) is 22.7 Å². The lowest BCUT2D eigenvalue weighted by molar-refractivity contribution is 0.0156. The Balaban J connectivity index is 2.06. The minimum atomic E-state index is -0.0470. The Morgan fingerprint density at radius 1 is 1.53 bits per heavy atom. The SMILES string of the molecule is CCCc1cc(=O)[nH]c(CC2CCCCO2)n1. The number of H-pyrrole nitrogens is 1. The zero-order valence-electron chi connectivity index (χ0n) is 10.4. The highest BCUT2D eigenvalue weighted by molar-refractivity contribution is 5.03. The van der Waals surface area contributed by atoms with Gasteiger partial charge in [-0.15, -0.1) is 0 Å². The second-order valence-corrected chi connectivity index (χ2v) is 4.63. The zero-order valence-corrected chi connectivity index (χ0v) is 10.4. The van der Waals surface area contributed by atoms with E-state index in [0.29, 0.717) is 0 Å². The van der Waals surface area contributed by atoms with Crippen molar-refractivity contribution in [1.82, 2.24) is 9.97 Å². The highest BCUT2D eigenvalue weighted by Crippen LogP contribution is 2.15. The molecule has 1 atom stereocenters. The standard InChI is InChI=1S/C13H20N2O2/c1-2-5-10-8-13(16)15-12(14-10)9-11-6-3-4-7-17-11/h8,11H,2-7,9H2,1H3,(H,14,15,16). The lowest BCUT2D eigenvalue weighted by Gasteiger charge is -2.22. The smallest absolute Gasteiger partial charge is 0.251 e. The molecular formula is C13H20N2O2. The van der Waals surface area contributed by atoms with E-state index in [1.165, 1.54) is 6.42 Å². The average molecular weight is 236 g/mol. The van der Waals surface area contributed by atoms with Crippen LogP contribution >= 0.6 is 0 Å². The first-order chi connectivity index (χ1) is 8.28. The molecule has 94 valence electrons. The van der Waals surface area contributed by atoms with Crippen LogP contribution in [0.2, 0.25) is 0 Å². The van der Waals surface area contributed by atoms with Gasteiger partial charge < -0.3 is 9.72 Å². The summed E-state index contributed by atoms with van der Waals surface area (Å²) in [6.07, 6.45) is 6.26. The normalized spacial score (nSPS) is 20.4. The maximum absolute atomic E-state index is 11.5. The topological polar surface area (TPSA) is 55.0 Å². The van der Waals surface area contributed by atoms with Crippen molar-refractivity contribution in [3.05, 3.63) is 27.9 Å². The predicted octanol–water partition coefficient (Wildman–Crippen LogP) is 1.83. The summed E-state index contributed by atoms with van der Waals surface area (Å²) in [5, 5.41) is 0. The molecule has 1 saturated heterocycles. The average Bonchev–Trinajstić information content (AvgIpc) is 2.30. The number of nitrogens with zero attached hydrogens (tertiary/aromatic N) is 1. The molecule has 2 rings (SSSR count). The molecule has 0 radical (unpaired) electrons. The minimum Gasteiger partial charge on any atom is -0.378 e. The van der Waals surface area contributed by atoms with E-state index >= 15 is 0 Å². The third-order valence-electron chi connectivity index (χ3n) is 3.04. The monoisotopic (exact) mass is 236 g/mol. The van der Waals surface area contributed by atoms with Crippen molar-refractivity contribution in [3.63, 3.8) is 0 Å². The van der Waals surface area contributed by atoms with Gasteiger partial charge in [0.1, 0.15) is 5.82 Å². The Kier molecular flexibility index (Phi) is 4.31. The van der Waals surface area contributed by atoms with Gasteiger partial charge in [0.15, 0.2) is 0 Å². The van der Waals surface area contributed by atoms with E-state index in [4.69, 9.17) is 4.74 Å². The van der Waals surface area contributed by atoms with Crippen molar-refractivity contribution in [2.45, 2.75) is 51.6 Å². The van der Waals surface area contributed by atoms with E-state index in [2.05, 4.69) is 16.9 Å². The third-order valence-corrected chi connectivity index (χ3v) is 3.04. The van der Waals surface area contributed by atoms with Crippen molar-refractivity contribution < 1.29 is 4.74 Å². The molecule has 1 unspecified atom stereocenters. The van der Waals surface area contributed by atoms with Crippen LogP contribution in [0.15, 0.2) is 10.9 Å². The Bertz CT molecular complexity index is 408. The van der Waals surface area contributed by atoms with Gasteiger partial charge in [-0.2, -0.15) is 0 Å². The highest BCUT2D eigenvalue weighted by atomic mass is 16.5. The fraction of sp³-hybridized carbons (Fsp3) is 0.692. The van der Waals surface area contributed by atoms with Gasteiger partial charge in [0.25, 0.3) is 5.56 Å². The van der Waals surface area contributed by atoms with Gasteiger partial charge in [0.2, 0.25) is 0 Å². The molecule has 4 heteroatoms. The fourth-order valence-corrected chi connectivity index (χ4v) is 2.23. The molecule has 0 amide bonds. The number of aromatic amines is 1. The summed E-state index contributed by atoms with van der Waals surface area (Å²) in [7, 11) is 0. The van der Waals surface area contributed by atoms with E-state index in [1.807, 2.05) is 0 Å². The minimum absolute atomic E-state index is 0.0470. The first-order valence-corrected chi connectivity index (χ1v) is 6.48. The van der Waals surface area contributed by atoms with Crippen LogP contribution in [0, 0.1) is 0 Å². The van der Waals surface area contributed by atoms with E-state index < -0.39 is 0 Å². The molecule has 2 heterocycles. The molecule has 1 aromatic heterocycles. The molecule has 0 saturated carbocycles. The van der Waals surface area contributed by atoms with E-state index in [1.54, 1.807) is 6.07 Å². The molecule has 1 aliphatic heterocycles.